The van der Waals surface area contributed by atoms with Crippen LogP contribution >= 0.6 is 11.6 Å². The molecule has 1 aliphatic heterocycles. The second-order valence-electron chi connectivity index (χ2n) is 5.86. The minimum Gasteiger partial charge on any atom is -0.464 e. The van der Waals surface area contributed by atoms with Crippen molar-refractivity contribution in [1.82, 2.24) is 4.90 Å². The maximum atomic E-state index is 12.8. The topological polar surface area (TPSA) is 46.6 Å². The second-order valence-corrected chi connectivity index (χ2v) is 6.27. The van der Waals surface area contributed by atoms with E-state index in [0.29, 0.717) is 36.1 Å². The van der Waals surface area contributed by atoms with Gasteiger partial charge in [0, 0.05) is 17.1 Å². The Bertz CT molecular complexity index is 573. The molecule has 5 heteroatoms. The van der Waals surface area contributed by atoms with Gasteiger partial charge in [-0.15, -0.1) is 0 Å². The number of carbonyl (C=O) groups is 2. The van der Waals surface area contributed by atoms with Crippen molar-refractivity contribution < 1.29 is 14.3 Å². The van der Waals surface area contributed by atoms with Crippen LogP contribution in [0.15, 0.2) is 18.2 Å². The maximum Gasteiger partial charge on any atom is 0.328 e. The fourth-order valence-corrected chi connectivity index (χ4v) is 2.91. The molecule has 0 spiro atoms. The number of amides is 1. The van der Waals surface area contributed by atoms with E-state index in [4.69, 9.17) is 16.3 Å². The Balaban J connectivity index is 2.24. The summed E-state index contributed by atoms with van der Waals surface area (Å²) in [7, 11) is 0. The molecule has 2 atom stereocenters. The third-order valence-electron chi connectivity index (χ3n) is 4.09. The third-order valence-corrected chi connectivity index (χ3v) is 4.51. The van der Waals surface area contributed by atoms with Crippen LogP contribution in [0.1, 0.15) is 42.6 Å². The lowest BCUT2D eigenvalue weighted by Crippen LogP contribution is -2.50. The number of carbonyl (C=O) groups excluding carboxylic acids is 2. The Morgan fingerprint density at radius 2 is 2.14 bits per heavy atom. The lowest BCUT2D eigenvalue weighted by Gasteiger charge is -2.37. The van der Waals surface area contributed by atoms with Crippen LogP contribution in [0.5, 0.6) is 0 Å². The number of hydrogen-bond donors (Lipinski definition) is 0. The molecule has 0 N–H and O–H groups in total. The lowest BCUT2D eigenvalue weighted by atomic mass is 9.91. The Hall–Kier alpha value is -1.55. The van der Waals surface area contributed by atoms with E-state index in [2.05, 4.69) is 6.92 Å². The highest BCUT2D eigenvalue weighted by Gasteiger charge is 2.36. The number of esters is 1. The van der Waals surface area contributed by atoms with Crippen LogP contribution < -0.4 is 0 Å². The third kappa shape index (κ3) is 3.61. The van der Waals surface area contributed by atoms with Crippen molar-refractivity contribution in [3.63, 3.8) is 0 Å². The zero-order valence-electron chi connectivity index (χ0n) is 13.3. The maximum absolute atomic E-state index is 12.8. The fraction of sp³-hybridized carbons (Fsp3) is 0.529. The van der Waals surface area contributed by atoms with E-state index >= 15 is 0 Å². The van der Waals surface area contributed by atoms with Gasteiger partial charge < -0.3 is 9.64 Å². The Morgan fingerprint density at radius 3 is 2.77 bits per heavy atom. The molecule has 0 unspecified atom stereocenters. The van der Waals surface area contributed by atoms with E-state index in [1.165, 1.54) is 0 Å². The van der Waals surface area contributed by atoms with Crippen molar-refractivity contribution in [2.45, 2.75) is 39.7 Å². The first-order valence-electron chi connectivity index (χ1n) is 7.67. The Kier molecular flexibility index (Phi) is 5.46. The van der Waals surface area contributed by atoms with Gasteiger partial charge in [-0.1, -0.05) is 18.5 Å². The van der Waals surface area contributed by atoms with E-state index in [1.54, 1.807) is 30.0 Å². The van der Waals surface area contributed by atoms with Gasteiger partial charge in [-0.3, -0.25) is 4.79 Å². The van der Waals surface area contributed by atoms with E-state index < -0.39 is 6.04 Å². The summed E-state index contributed by atoms with van der Waals surface area (Å²) in [5, 5.41) is 0.630. The molecule has 1 aliphatic rings. The molecule has 1 amide bonds. The highest BCUT2D eigenvalue weighted by molar-refractivity contribution is 6.31. The largest absolute Gasteiger partial charge is 0.464 e. The zero-order chi connectivity index (χ0) is 16.3. The summed E-state index contributed by atoms with van der Waals surface area (Å²) < 4.78 is 5.13. The molecule has 0 bridgehead atoms. The van der Waals surface area contributed by atoms with Crippen LogP contribution in [0.3, 0.4) is 0 Å². The summed E-state index contributed by atoms with van der Waals surface area (Å²) in [6.45, 7) is 6.64. The SMILES string of the molecule is CCOC(=O)[C@H]1C[C@H](C)CCN1C(=O)c1ccc(Cl)c(C)c1. The predicted molar refractivity (Wildman–Crippen MR) is 86.0 cm³/mol. The molecule has 22 heavy (non-hydrogen) atoms. The molecule has 0 saturated carbocycles. The fourth-order valence-electron chi connectivity index (χ4n) is 2.79. The van der Waals surface area contributed by atoms with E-state index in [0.717, 1.165) is 12.0 Å². The Morgan fingerprint density at radius 1 is 1.41 bits per heavy atom. The van der Waals surface area contributed by atoms with Gasteiger partial charge >= 0.3 is 5.97 Å². The first-order chi connectivity index (χ1) is 10.4. The number of benzene rings is 1. The molecule has 1 saturated heterocycles. The molecular formula is C17H22ClNO3. The van der Waals surface area contributed by atoms with Crippen LogP contribution in [0, 0.1) is 12.8 Å². The molecule has 1 fully saturated rings. The first-order valence-corrected chi connectivity index (χ1v) is 8.05. The van der Waals surface area contributed by atoms with Gasteiger partial charge in [0.1, 0.15) is 6.04 Å². The standard InChI is InChI=1S/C17H22ClNO3/c1-4-22-17(21)15-9-11(2)7-8-19(15)16(20)13-5-6-14(18)12(3)10-13/h5-6,10-11,15H,4,7-9H2,1-3H3/t11-,15-/m1/s1. The number of hydrogen-bond acceptors (Lipinski definition) is 3. The van der Waals surface area contributed by atoms with Gasteiger partial charge in [-0.25, -0.2) is 4.79 Å². The van der Waals surface area contributed by atoms with Crippen molar-refractivity contribution in [3.05, 3.63) is 34.3 Å². The summed E-state index contributed by atoms with van der Waals surface area (Å²) in [5.41, 5.74) is 1.41. The van der Waals surface area contributed by atoms with Crippen molar-refractivity contribution in [2.24, 2.45) is 5.92 Å². The molecule has 120 valence electrons. The predicted octanol–water partition coefficient (Wildman–Crippen LogP) is 3.45. The quantitative estimate of drug-likeness (QED) is 0.800. The number of rotatable bonds is 3. The van der Waals surface area contributed by atoms with Crippen LogP contribution in [-0.4, -0.2) is 36.0 Å². The van der Waals surface area contributed by atoms with Crippen LogP contribution in [0.2, 0.25) is 5.02 Å². The van der Waals surface area contributed by atoms with Gasteiger partial charge in [-0.2, -0.15) is 0 Å². The molecular weight excluding hydrogens is 302 g/mol. The second kappa shape index (κ2) is 7.14. The lowest BCUT2D eigenvalue weighted by molar-refractivity contribution is -0.150. The van der Waals surface area contributed by atoms with Gasteiger partial charge in [0.05, 0.1) is 6.61 Å². The van der Waals surface area contributed by atoms with Gasteiger partial charge in [0.25, 0.3) is 5.91 Å². The minimum atomic E-state index is -0.493. The summed E-state index contributed by atoms with van der Waals surface area (Å²) in [6, 6.07) is 4.70. The normalized spacial score (nSPS) is 21.5. The molecule has 4 nitrogen and oxygen atoms in total. The number of likely N-dealkylation sites (tertiary alicyclic amines) is 1. The molecule has 2 rings (SSSR count). The molecule has 1 heterocycles. The first kappa shape index (κ1) is 16.8. The number of halogens is 1. The van der Waals surface area contributed by atoms with Gasteiger partial charge in [0.15, 0.2) is 0 Å². The number of nitrogens with zero attached hydrogens (tertiary/aromatic N) is 1. The highest BCUT2D eigenvalue weighted by atomic mass is 35.5. The average Bonchev–Trinajstić information content (AvgIpc) is 2.49. The summed E-state index contributed by atoms with van der Waals surface area (Å²) in [4.78, 5) is 26.6. The number of aryl methyl sites for hydroxylation is 1. The summed E-state index contributed by atoms with van der Waals surface area (Å²) >= 11 is 6.01. The highest BCUT2D eigenvalue weighted by Crippen LogP contribution is 2.26. The van der Waals surface area contributed by atoms with Crippen LogP contribution in [-0.2, 0) is 9.53 Å². The monoisotopic (exact) mass is 323 g/mol. The summed E-state index contributed by atoms with van der Waals surface area (Å²) in [5.74, 6) is -0.0387. The van der Waals surface area contributed by atoms with Crippen molar-refractivity contribution in [3.8, 4) is 0 Å². The summed E-state index contributed by atoms with van der Waals surface area (Å²) in [6.07, 6.45) is 1.55. The molecule has 1 aromatic rings. The molecule has 0 aromatic heterocycles. The number of ether oxygens (including phenoxy) is 1. The van der Waals surface area contributed by atoms with Crippen LogP contribution in [0.25, 0.3) is 0 Å². The van der Waals surface area contributed by atoms with Crippen LogP contribution in [0.4, 0.5) is 0 Å². The number of piperidine rings is 1. The zero-order valence-corrected chi connectivity index (χ0v) is 14.0. The van der Waals surface area contributed by atoms with Crippen molar-refractivity contribution >= 4 is 23.5 Å². The van der Waals surface area contributed by atoms with Gasteiger partial charge in [0.2, 0.25) is 0 Å². The smallest absolute Gasteiger partial charge is 0.328 e. The van der Waals surface area contributed by atoms with E-state index in [1.807, 2.05) is 6.92 Å². The van der Waals surface area contributed by atoms with Crippen molar-refractivity contribution in [1.29, 1.82) is 0 Å². The minimum absolute atomic E-state index is 0.135. The van der Waals surface area contributed by atoms with E-state index in [9.17, 15) is 9.59 Å². The van der Waals surface area contributed by atoms with E-state index in [-0.39, 0.29) is 11.9 Å². The van der Waals surface area contributed by atoms with Gasteiger partial charge in [-0.05, 0) is 56.4 Å². The average molecular weight is 324 g/mol. The molecule has 0 aliphatic carbocycles. The van der Waals surface area contributed by atoms with Crippen molar-refractivity contribution in [2.75, 3.05) is 13.2 Å². The Labute approximate surface area is 136 Å². The molecule has 1 aromatic carbocycles. The molecule has 0 radical (unpaired) electrons.